The van der Waals surface area contributed by atoms with Crippen molar-refractivity contribution in [3.05, 3.63) is 17.6 Å². The molecule has 0 aromatic carbocycles. The molecule has 0 aliphatic carbocycles. The first-order valence-electron chi connectivity index (χ1n) is 6.13. The van der Waals surface area contributed by atoms with E-state index in [1.165, 1.54) is 0 Å². The molecule has 1 atom stereocenters. The largest absolute Gasteiger partial charge is 0.377 e. The molecule has 94 valence electrons. The summed E-state index contributed by atoms with van der Waals surface area (Å²) in [5.41, 5.74) is 6.85. The number of aryl methyl sites for hydroxylation is 2. The van der Waals surface area contributed by atoms with Gasteiger partial charge in [-0.1, -0.05) is 6.92 Å². The fraction of sp³-hybridized carbons (Fsp3) is 0.667. The molecule has 0 bridgehead atoms. The van der Waals surface area contributed by atoms with Gasteiger partial charge in [0.15, 0.2) is 0 Å². The predicted molar refractivity (Wildman–Crippen MR) is 67.2 cm³/mol. The predicted octanol–water partition coefficient (Wildman–Crippen LogP) is 0.511. The molecule has 1 aliphatic rings. The highest BCUT2D eigenvalue weighted by molar-refractivity contribution is 5.42. The summed E-state index contributed by atoms with van der Waals surface area (Å²) < 4.78 is 5.45. The Morgan fingerprint density at radius 2 is 2.35 bits per heavy atom. The van der Waals surface area contributed by atoms with Gasteiger partial charge in [-0.15, -0.1) is 0 Å². The molecule has 1 aromatic rings. The summed E-state index contributed by atoms with van der Waals surface area (Å²) in [6.45, 7) is 6.89. The van der Waals surface area contributed by atoms with Crippen molar-refractivity contribution in [3.8, 4) is 0 Å². The zero-order chi connectivity index (χ0) is 12.3. The Morgan fingerprint density at radius 3 is 3.06 bits per heavy atom. The lowest BCUT2D eigenvalue weighted by molar-refractivity contribution is 0.0958. The Hall–Kier alpha value is -1.20. The molecule has 0 saturated carbocycles. The van der Waals surface area contributed by atoms with E-state index in [0.29, 0.717) is 13.2 Å². The van der Waals surface area contributed by atoms with Crippen molar-refractivity contribution < 1.29 is 4.74 Å². The van der Waals surface area contributed by atoms with Gasteiger partial charge in [-0.05, 0) is 13.3 Å². The van der Waals surface area contributed by atoms with E-state index in [1.807, 2.05) is 6.92 Å². The SMILES string of the molecule is CCc1cc(N2CCOCC2CN)nc(C)n1. The Bertz CT molecular complexity index is 383. The number of anilines is 1. The minimum absolute atomic E-state index is 0.225. The molecule has 1 aromatic heterocycles. The van der Waals surface area contributed by atoms with Gasteiger partial charge in [0.25, 0.3) is 0 Å². The van der Waals surface area contributed by atoms with Crippen LogP contribution in [0.1, 0.15) is 18.4 Å². The van der Waals surface area contributed by atoms with Crippen LogP contribution < -0.4 is 10.6 Å². The number of hydrogen-bond acceptors (Lipinski definition) is 5. The van der Waals surface area contributed by atoms with E-state index in [4.69, 9.17) is 10.5 Å². The van der Waals surface area contributed by atoms with E-state index in [1.54, 1.807) is 0 Å². The highest BCUT2D eigenvalue weighted by atomic mass is 16.5. The molecule has 5 nitrogen and oxygen atoms in total. The second kappa shape index (κ2) is 5.42. The fourth-order valence-corrected chi connectivity index (χ4v) is 2.09. The van der Waals surface area contributed by atoms with Crippen molar-refractivity contribution in [2.75, 3.05) is 31.2 Å². The first-order valence-corrected chi connectivity index (χ1v) is 6.13. The van der Waals surface area contributed by atoms with Crippen LogP contribution in [0.3, 0.4) is 0 Å². The second-order valence-electron chi connectivity index (χ2n) is 4.28. The normalized spacial score (nSPS) is 20.6. The van der Waals surface area contributed by atoms with Gasteiger partial charge in [0.1, 0.15) is 11.6 Å². The highest BCUT2D eigenvalue weighted by Crippen LogP contribution is 2.18. The lowest BCUT2D eigenvalue weighted by Crippen LogP contribution is -2.50. The van der Waals surface area contributed by atoms with Crippen molar-refractivity contribution >= 4 is 5.82 Å². The molecule has 2 rings (SSSR count). The second-order valence-corrected chi connectivity index (χ2v) is 4.28. The number of ether oxygens (including phenoxy) is 1. The van der Waals surface area contributed by atoms with Gasteiger partial charge in [0, 0.05) is 24.8 Å². The van der Waals surface area contributed by atoms with Crippen LogP contribution in [0.25, 0.3) is 0 Å². The van der Waals surface area contributed by atoms with Crippen LogP contribution >= 0.6 is 0 Å². The molecule has 17 heavy (non-hydrogen) atoms. The number of hydrogen-bond donors (Lipinski definition) is 1. The average Bonchev–Trinajstić information content (AvgIpc) is 2.37. The maximum atomic E-state index is 5.77. The number of nitrogens with two attached hydrogens (primary N) is 1. The third-order valence-electron chi connectivity index (χ3n) is 3.03. The molecule has 1 aliphatic heterocycles. The Balaban J connectivity index is 2.27. The van der Waals surface area contributed by atoms with Crippen LogP contribution in [0.15, 0.2) is 6.07 Å². The zero-order valence-corrected chi connectivity index (χ0v) is 10.5. The van der Waals surface area contributed by atoms with Crippen LogP contribution in [0.5, 0.6) is 0 Å². The summed E-state index contributed by atoms with van der Waals surface area (Å²) in [6.07, 6.45) is 0.925. The highest BCUT2D eigenvalue weighted by Gasteiger charge is 2.23. The van der Waals surface area contributed by atoms with Crippen molar-refractivity contribution in [2.45, 2.75) is 26.3 Å². The third kappa shape index (κ3) is 2.73. The monoisotopic (exact) mass is 236 g/mol. The Kier molecular flexibility index (Phi) is 3.91. The molecule has 0 spiro atoms. The molecule has 2 heterocycles. The minimum atomic E-state index is 0.225. The lowest BCUT2D eigenvalue weighted by Gasteiger charge is -2.36. The van der Waals surface area contributed by atoms with E-state index < -0.39 is 0 Å². The summed E-state index contributed by atoms with van der Waals surface area (Å²) in [6, 6.07) is 2.28. The molecular formula is C12H20N4O. The molecule has 1 fully saturated rings. The van der Waals surface area contributed by atoms with Crippen LogP contribution in [-0.4, -0.2) is 42.3 Å². The van der Waals surface area contributed by atoms with Gasteiger partial charge in [0.05, 0.1) is 19.3 Å². The molecule has 5 heteroatoms. The van der Waals surface area contributed by atoms with Crippen molar-refractivity contribution in [1.82, 2.24) is 9.97 Å². The maximum absolute atomic E-state index is 5.77. The van der Waals surface area contributed by atoms with Gasteiger partial charge in [-0.2, -0.15) is 0 Å². The first kappa shape index (κ1) is 12.3. The lowest BCUT2D eigenvalue weighted by atomic mass is 10.2. The van der Waals surface area contributed by atoms with Gasteiger partial charge < -0.3 is 15.4 Å². The number of aromatic nitrogens is 2. The van der Waals surface area contributed by atoms with Crippen LogP contribution in [0.2, 0.25) is 0 Å². The third-order valence-corrected chi connectivity index (χ3v) is 3.03. The molecule has 2 N–H and O–H groups in total. The standard InChI is InChI=1S/C12H20N4O/c1-3-10-6-12(15-9(2)14-10)16-4-5-17-8-11(16)7-13/h6,11H,3-5,7-8,13H2,1-2H3. The first-order chi connectivity index (χ1) is 8.24. The van der Waals surface area contributed by atoms with E-state index in [9.17, 15) is 0 Å². The van der Waals surface area contributed by atoms with Gasteiger partial charge in [-0.25, -0.2) is 9.97 Å². The minimum Gasteiger partial charge on any atom is -0.377 e. The van der Waals surface area contributed by atoms with Gasteiger partial charge >= 0.3 is 0 Å². The molecule has 0 amide bonds. The van der Waals surface area contributed by atoms with Crippen molar-refractivity contribution in [2.24, 2.45) is 5.73 Å². The van der Waals surface area contributed by atoms with Crippen molar-refractivity contribution in [1.29, 1.82) is 0 Å². The van der Waals surface area contributed by atoms with E-state index >= 15 is 0 Å². The summed E-state index contributed by atoms with van der Waals surface area (Å²) in [7, 11) is 0. The number of morpholine rings is 1. The summed E-state index contributed by atoms with van der Waals surface area (Å²) in [5.74, 6) is 1.80. The van der Waals surface area contributed by atoms with Crippen molar-refractivity contribution in [3.63, 3.8) is 0 Å². The number of rotatable bonds is 3. The summed E-state index contributed by atoms with van der Waals surface area (Å²) in [4.78, 5) is 11.1. The fourth-order valence-electron chi connectivity index (χ4n) is 2.09. The zero-order valence-electron chi connectivity index (χ0n) is 10.5. The van der Waals surface area contributed by atoms with Gasteiger partial charge in [0.2, 0.25) is 0 Å². The Labute approximate surface area is 102 Å². The molecule has 1 saturated heterocycles. The summed E-state index contributed by atoms with van der Waals surface area (Å²) in [5, 5.41) is 0. The van der Waals surface area contributed by atoms with Crippen LogP contribution in [0, 0.1) is 6.92 Å². The van der Waals surface area contributed by atoms with E-state index in [-0.39, 0.29) is 6.04 Å². The quantitative estimate of drug-likeness (QED) is 0.828. The van der Waals surface area contributed by atoms with Crippen LogP contribution in [-0.2, 0) is 11.2 Å². The van der Waals surface area contributed by atoms with E-state index in [0.717, 1.165) is 36.9 Å². The summed E-state index contributed by atoms with van der Waals surface area (Å²) >= 11 is 0. The molecular weight excluding hydrogens is 216 g/mol. The van der Waals surface area contributed by atoms with E-state index in [2.05, 4.69) is 27.9 Å². The van der Waals surface area contributed by atoms with Gasteiger partial charge in [-0.3, -0.25) is 0 Å². The number of nitrogens with zero attached hydrogens (tertiary/aromatic N) is 3. The smallest absolute Gasteiger partial charge is 0.132 e. The maximum Gasteiger partial charge on any atom is 0.132 e. The van der Waals surface area contributed by atoms with Crippen LogP contribution in [0.4, 0.5) is 5.82 Å². The average molecular weight is 236 g/mol. The topological polar surface area (TPSA) is 64.3 Å². The Morgan fingerprint density at radius 1 is 1.53 bits per heavy atom. The molecule has 1 unspecified atom stereocenters. The molecule has 0 radical (unpaired) electrons.